The van der Waals surface area contributed by atoms with Crippen molar-refractivity contribution >= 4 is 23.4 Å². The standard InChI is InChI=1S/C12H16ClNS/c1-9(2)7-10(14)8-15-12-6-4-3-5-11(12)13/h3-7,10H,8,14H2,1-2H3. The third kappa shape index (κ3) is 4.74. The Bertz CT molecular complexity index is 345. The second kappa shape index (κ2) is 6.21. The fraction of sp³-hybridized carbons (Fsp3) is 0.333. The number of allylic oxidation sites excluding steroid dienone is 1. The molecular formula is C12H16ClNS. The summed E-state index contributed by atoms with van der Waals surface area (Å²) in [5.41, 5.74) is 7.18. The molecule has 2 N–H and O–H groups in total. The summed E-state index contributed by atoms with van der Waals surface area (Å²) in [6.07, 6.45) is 2.07. The van der Waals surface area contributed by atoms with E-state index in [4.69, 9.17) is 17.3 Å². The molecule has 0 saturated carbocycles. The van der Waals surface area contributed by atoms with Crippen LogP contribution in [-0.4, -0.2) is 11.8 Å². The lowest BCUT2D eigenvalue weighted by Crippen LogP contribution is -2.20. The molecule has 1 aromatic rings. The Morgan fingerprint density at radius 3 is 2.73 bits per heavy atom. The van der Waals surface area contributed by atoms with Crippen molar-refractivity contribution in [1.82, 2.24) is 0 Å². The summed E-state index contributed by atoms with van der Waals surface area (Å²) < 4.78 is 0. The average Bonchev–Trinajstić information content (AvgIpc) is 2.15. The van der Waals surface area contributed by atoms with Crippen molar-refractivity contribution in [1.29, 1.82) is 0 Å². The first kappa shape index (κ1) is 12.6. The SMILES string of the molecule is CC(C)=CC(N)CSc1ccccc1Cl. The zero-order valence-corrected chi connectivity index (χ0v) is 10.6. The quantitative estimate of drug-likeness (QED) is 0.642. The van der Waals surface area contributed by atoms with Gasteiger partial charge in [-0.1, -0.05) is 35.4 Å². The van der Waals surface area contributed by atoms with Gasteiger partial charge < -0.3 is 5.73 Å². The van der Waals surface area contributed by atoms with Crippen LogP contribution in [0.2, 0.25) is 5.02 Å². The maximum atomic E-state index is 6.04. The molecular weight excluding hydrogens is 226 g/mol. The highest BCUT2D eigenvalue weighted by molar-refractivity contribution is 7.99. The summed E-state index contributed by atoms with van der Waals surface area (Å²) in [5.74, 6) is 0.856. The lowest BCUT2D eigenvalue weighted by Gasteiger charge is -2.08. The van der Waals surface area contributed by atoms with Crippen LogP contribution >= 0.6 is 23.4 Å². The van der Waals surface area contributed by atoms with E-state index in [0.717, 1.165) is 15.7 Å². The summed E-state index contributed by atoms with van der Waals surface area (Å²) >= 11 is 7.73. The molecule has 1 nitrogen and oxygen atoms in total. The van der Waals surface area contributed by atoms with E-state index in [9.17, 15) is 0 Å². The Balaban J connectivity index is 2.51. The van der Waals surface area contributed by atoms with Crippen molar-refractivity contribution in [3.8, 4) is 0 Å². The van der Waals surface area contributed by atoms with Gasteiger partial charge in [-0.3, -0.25) is 0 Å². The van der Waals surface area contributed by atoms with E-state index in [1.165, 1.54) is 5.57 Å². The molecule has 0 aliphatic carbocycles. The molecule has 0 saturated heterocycles. The number of benzene rings is 1. The Morgan fingerprint density at radius 1 is 1.47 bits per heavy atom. The number of thioether (sulfide) groups is 1. The topological polar surface area (TPSA) is 26.0 Å². The zero-order chi connectivity index (χ0) is 11.3. The molecule has 0 spiro atoms. The minimum Gasteiger partial charge on any atom is -0.324 e. The van der Waals surface area contributed by atoms with E-state index in [-0.39, 0.29) is 6.04 Å². The van der Waals surface area contributed by atoms with E-state index in [0.29, 0.717) is 0 Å². The molecule has 1 rings (SSSR count). The molecule has 15 heavy (non-hydrogen) atoms. The molecule has 0 bridgehead atoms. The van der Waals surface area contributed by atoms with Crippen molar-refractivity contribution in [2.24, 2.45) is 5.73 Å². The van der Waals surface area contributed by atoms with Crippen LogP contribution in [0, 0.1) is 0 Å². The van der Waals surface area contributed by atoms with Crippen LogP contribution in [0.1, 0.15) is 13.8 Å². The third-order valence-electron chi connectivity index (χ3n) is 1.82. The molecule has 82 valence electrons. The predicted octanol–water partition coefficient (Wildman–Crippen LogP) is 3.73. The van der Waals surface area contributed by atoms with Crippen LogP contribution < -0.4 is 5.73 Å². The van der Waals surface area contributed by atoms with Crippen LogP contribution in [0.15, 0.2) is 40.8 Å². The first-order chi connectivity index (χ1) is 7.09. The molecule has 1 aromatic carbocycles. The van der Waals surface area contributed by atoms with Crippen molar-refractivity contribution in [3.05, 3.63) is 40.9 Å². The van der Waals surface area contributed by atoms with Crippen LogP contribution in [0.3, 0.4) is 0 Å². The van der Waals surface area contributed by atoms with Gasteiger partial charge in [-0.2, -0.15) is 0 Å². The molecule has 0 fully saturated rings. The van der Waals surface area contributed by atoms with E-state index < -0.39 is 0 Å². The summed E-state index contributed by atoms with van der Waals surface area (Å²) in [5, 5.41) is 0.798. The van der Waals surface area contributed by atoms with Gasteiger partial charge in [0.25, 0.3) is 0 Å². The van der Waals surface area contributed by atoms with E-state index in [1.807, 2.05) is 24.3 Å². The second-order valence-corrected chi connectivity index (χ2v) is 5.12. The largest absolute Gasteiger partial charge is 0.324 e. The number of hydrogen-bond donors (Lipinski definition) is 1. The maximum absolute atomic E-state index is 6.04. The van der Waals surface area contributed by atoms with Crippen LogP contribution in [0.4, 0.5) is 0 Å². The first-order valence-electron chi connectivity index (χ1n) is 4.87. The van der Waals surface area contributed by atoms with Crippen molar-refractivity contribution in [2.75, 3.05) is 5.75 Å². The lowest BCUT2D eigenvalue weighted by atomic mass is 10.2. The minimum absolute atomic E-state index is 0.0938. The molecule has 1 unspecified atom stereocenters. The van der Waals surface area contributed by atoms with Gasteiger partial charge in [0, 0.05) is 16.7 Å². The van der Waals surface area contributed by atoms with Gasteiger partial charge in [0.15, 0.2) is 0 Å². The van der Waals surface area contributed by atoms with E-state index >= 15 is 0 Å². The van der Waals surface area contributed by atoms with Crippen LogP contribution in [-0.2, 0) is 0 Å². The van der Waals surface area contributed by atoms with Gasteiger partial charge in [-0.05, 0) is 26.0 Å². The van der Waals surface area contributed by atoms with Crippen LogP contribution in [0.5, 0.6) is 0 Å². The Kier molecular flexibility index (Phi) is 5.23. The van der Waals surface area contributed by atoms with Crippen molar-refractivity contribution in [3.63, 3.8) is 0 Å². The second-order valence-electron chi connectivity index (χ2n) is 3.65. The zero-order valence-electron chi connectivity index (χ0n) is 9.03. The monoisotopic (exact) mass is 241 g/mol. The van der Waals surface area contributed by atoms with Crippen molar-refractivity contribution in [2.45, 2.75) is 24.8 Å². The molecule has 3 heteroatoms. The predicted molar refractivity (Wildman–Crippen MR) is 69.6 cm³/mol. The maximum Gasteiger partial charge on any atom is 0.0541 e. The fourth-order valence-electron chi connectivity index (χ4n) is 1.22. The number of hydrogen-bond acceptors (Lipinski definition) is 2. The Hall–Kier alpha value is -0.440. The van der Waals surface area contributed by atoms with Gasteiger partial charge >= 0.3 is 0 Å². The highest BCUT2D eigenvalue weighted by Gasteiger charge is 2.03. The summed E-state index contributed by atoms with van der Waals surface area (Å²) in [6.45, 7) is 4.11. The summed E-state index contributed by atoms with van der Waals surface area (Å²) in [4.78, 5) is 1.09. The highest BCUT2D eigenvalue weighted by Crippen LogP contribution is 2.26. The Morgan fingerprint density at radius 2 is 2.13 bits per heavy atom. The normalized spacial score (nSPS) is 12.3. The number of nitrogens with two attached hydrogens (primary N) is 1. The molecule has 1 atom stereocenters. The molecule has 0 radical (unpaired) electrons. The molecule has 0 heterocycles. The van der Waals surface area contributed by atoms with Gasteiger partial charge in [-0.25, -0.2) is 0 Å². The average molecular weight is 242 g/mol. The Labute approximate surface area is 101 Å². The summed E-state index contributed by atoms with van der Waals surface area (Å²) in [6, 6.07) is 7.93. The summed E-state index contributed by atoms with van der Waals surface area (Å²) in [7, 11) is 0. The van der Waals surface area contributed by atoms with Gasteiger partial charge in [-0.15, -0.1) is 11.8 Å². The lowest BCUT2D eigenvalue weighted by molar-refractivity contribution is 0.927. The van der Waals surface area contributed by atoms with E-state index in [2.05, 4.69) is 19.9 Å². The third-order valence-corrected chi connectivity index (χ3v) is 3.48. The molecule has 0 aromatic heterocycles. The van der Waals surface area contributed by atoms with E-state index in [1.54, 1.807) is 11.8 Å². The number of rotatable bonds is 4. The van der Waals surface area contributed by atoms with Gasteiger partial charge in [0.1, 0.15) is 0 Å². The molecule has 0 aliphatic rings. The molecule has 0 aliphatic heterocycles. The van der Waals surface area contributed by atoms with Gasteiger partial charge in [0.05, 0.1) is 5.02 Å². The highest BCUT2D eigenvalue weighted by atomic mass is 35.5. The van der Waals surface area contributed by atoms with Crippen molar-refractivity contribution < 1.29 is 0 Å². The molecule has 0 amide bonds. The smallest absolute Gasteiger partial charge is 0.0541 e. The van der Waals surface area contributed by atoms with Crippen LogP contribution in [0.25, 0.3) is 0 Å². The minimum atomic E-state index is 0.0938. The fourth-order valence-corrected chi connectivity index (χ4v) is 2.37. The number of halogens is 1. The van der Waals surface area contributed by atoms with Gasteiger partial charge in [0.2, 0.25) is 0 Å². The first-order valence-corrected chi connectivity index (χ1v) is 6.24.